The monoisotopic (exact) mass is 400 g/mol. The predicted molar refractivity (Wildman–Crippen MR) is 97.7 cm³/mol. The number of carboxylic acids is 1. The summed E-state index contributed by atoms with van der Waals surface area (Å²) in [5.41, 5.74) is 0.271. The molecular weight excluding hydrogens is 387 g/mol. The summed E-state index contributed by atoms with van der Waals surface area (Å²) < 4.78 is 5.62. The molecule has 2 aliphatic heterocycles. The molecule has 1 aromatic rings. The number of hydrogen-bond acceptors (Lipinski definition) is 5. The van der Waals surface area contributed by atoms with Crippen molar-refractivity contribution in [2.45, 2.75) is 17.5 Å². The van der Waals surface area contributed by atoms with Crippen LogP contribution in [-0.4, -0.2) is 56.9 Å². The normalized spacial score (nSPS) is 22.7. The lowest BCUT2D eigenvalue weighted by atomic mass is 10.00. The van der Waals surface area contributed by atoms with Crippen molar-refractivity contribution in [3.05, 3.63) is 41.4 Å². The Balaban J connectivity index is 1.64. The van der Waals surface area contributed by atoms with Crippen molar-refractivity contribution in [1.82, 2.24) is 4.90 Å². The molecular formula is C16H14Cl2N2O4S. The van der Waals surface area contributed by atoms with Crippen molar-refractivity contribution in [2.24, 2.45) is 4.99 Å². The van der Waals surface area contributed by atoms with Crippen LogP contribution in [-0.2, 0) is 9.59 Å². The highest BCUT2D eigenvalue weighted by Crippen LogP contribution is 2.41. The van der Waals surface area contributed by atoms with Crippen molar-refractivity contribution >= 4 is 51.9 Å². The molecule has 0 radical (unpaired) electrons. The van der Waals surface area contributed by atoms with E-state index in [1.54, 1.807) is 24.3 Å². The Morgan fingerprint density at radius 1 is 1.44 bits per heavy atom. The second-order valence-corrected chi connectivity index (χ2v) is 7.39. The molecule has 1 aromatic carbocycles. The van der Waals surface area contributed by atoms with E-state index in [-0.39, 0.29) is 29.3 Å². The van der Waals surface area contributed by atoms with Gasteiger partial charge in [-0.05, 0) is 29.8 Å². The number of nitrogens with zero attached hydrogens (tertiary/aromatic N) is 2. The first kappa shape index (κ1) is 18.1. The van der Waals surface area contributed by atoms with E-state index in [0.29, 0.717) is 15.8 Å². The Kier molecular flexibility index (Phi) is 5.27. The number of fused-ring (bicyclic) bond motifs is 1. The van der Waals surface area contributed by atoms with Crippen LogP contribution in [0.25, 0.3) is 0 Å². The van der Waals surface area contributed by atoms with E-state index in [4.69, 9.17) is 27.9 Å². The zero-order valence-corrected chi connectivity index (χ0v) is 15.2. The highest BCUT2D eigenvalue weighted by Gasteiger charge is 2.56. The van der Waals surface area contributed by atoms with Crippen LogP contribution in [0.4, 0.5) is 0 Å². The fourth-order valence-electron chi connectivity index (χ4n) is 2.62. The van der Waals surface area contributed by atoms with Crippen LogP contribution in [0.15, 0.2) is 41.4 Å². The highest BCUT2D eigenvalue weighted by atomic mass is 35.5. The zero-order valence-electron chi connectivity index (χ0n) is 12.9. The third-order valence-corrected chi connectivity index (χ3v) is 5.66. The summed E-state index contributed by atoms with van der Waals surface area (Å²) in [6.45, 7) is 3.86. The maximum Gasteiger partial charge on any atom is 0.330 e. The number of rotatable bonds is 7. The summed E-state index contributed by atoms with van der Waals surface area (Å²) in [7, 11) is 0. The van der Waals surface area contributed by atoms with Crippen LogP contribution in [0.2, 0.25) is 5.02 Å². The van der Waals surface area contributed by atoms with E-state index in [0.717, 1.165) is 0 Å². The molecule has 3 rings (SSSR count). The van der Waals surface area contributed by atoms with E-state index >= 15 is 0 Å². The second-order valence-electron chi connectivity index (χ2n) is 5.50. The molecule has 25 heavy (non-hydrogen) atoms. The molecule has 0 aliphatic carbocycles. The fraction of sp³-hybridized carbons (Fsp3) is 0.312. The van der Waals surface area contributed by atoms with E-state index in [9.17, 15) is 14.7 Å². The molecule has 9 heteroatoms. The van der Waals surface area contributed by atoms with Crippen LogP contribution >= 0.6 is 35.0 Å². The van der Waals surface area contributed by atoms with Gasteiger partial charge in [-0.3, -0.25) is 9.79 Å². The lowest BCUT2D eigenvalue weighted by Crippen LogP contribution is -2.66. The number of thioether (sulfide) groups is 1. The van der Waals surface area contributed by atoms with E-state index in [1.807, 2.05) is 0 Å². The second kappa shape index (κ2) is 7.27. The molecule has 3 atom stereocenters. The van der Waals surface area contributed by atoms with Crippen molar-refractivity contribution in [3.63, 3.8) is 0 Å². The number of alkyl halides is 1. The van der Waals surface area contributed by atoms with Gasteiger partial charge >= 0.3 is 5.97 Å². The zero-order chi connectivity index (χ0) is 18.1. The maximum absolute atomic E-state index is 12.3. The number of β-lactam (4-membered cyclic amide) rings is 1. The molecule has 6 nitrogen and oxygen atoms in total. The lowest BCUT2D eigenvalue weighted by molar-refractivity contribution is -0.157. The van der Waals surface area contributed by atoms with Crippen molar-refractivity contribution < 1.29 is 19.4 Å². The summed E-state index contributed by atoms with van der Waals surface area (Å²) >= 11 is 12.8. The molecule has 0 aromatic heterocycles. The predicted octanol–water partition coefficient (Wildman–Crippen LogP) is 2.65. The number of carbonyl (C=O) groups is 2. The van der Waals surface area contributed by atoms with Gasteiger partial charge in [0.1, 0.15) is 22.8 Å². The number of benzene rings is 1. The summed E-state index contributed by atoms with van der Waals surface area (Å²) in [5, 5.41) is 10.3. The van der Waals surface area contributed by atoms with E-state index < -0.39 is 18.1 Å². The first-order valence-corrected chi connectivity index (χ1v) is 9.12. The standard InChI is InChI=1S/C16H14Cl2N2O4S/c1-8(6-17)13(16(22)23)20-14(21)12-15(20)25-11(19-12)7-24-10-4-2-9(18)3-5-10/h2-5,12-13,15H,1,6-7H2,(H,22,23). The number of amides is 1. The number of ether oxygens (including phenoxy) is 1. The van der Waals surface area contributed by atoms with E-state index in [1.165, 1.54) is 16.7 Å². The van der Waals surface area contributed by atoms with Crippen molar-refractivity contribution in [3.8, 4) is 5.75 Å². The minimum atomic E-state index is -1.15. The van der Waals surface area contributed by atoms with Gasteiger partial charge in [-0.2, -0.15) is 0 Å². The molecule has 2 heterocycles. The summed E-state index contributed by atoms with van der Waals surface area (Å²) in [5.74, 6) is -0.883. The Bertz CT molecular complexity index is 753. The Labute approximate surface area is 158 Å². The largest absolute Gasteiger partial charge is 0.487 e. The molecule has 1 N–H and O–H groups in total. The molecule has 2 aliphatic rings. The van der Waals surface area contributed by atoms with Crippen LogP contribution in [0.3, 0.4) is 0 Å². The smallest absolute Gasteiger partial charge is 0.330 e. The van der Waals surface area contributed by atoms with Gasteiger partial charge in [0.25, 0.3) is 5.91 Å². The number of carboxylic acid groups (broad SMARTS) is 1. The highest BCUT2D eigenvalue weighted by molar-refractivity contribution is 8.15. The first-order valence-electron chi connectivity index (χ1n) is 7.32. The Morgan fingerprint density at radius 2 is 2.12 bits per heavy atom. The topological polar surface area (TPSA) is 79.2 Å². The van der Waals surface area contributed by atoms with Crippen LogP contribution in [0, 0.1) is 0 Å². The summed E-state index contributed by atoms with van der Waals surface area (Å²) in [6, 6.07) is 5.19. The number of carbonyl (C=O) groups excluding carboxylic acids is 1. The molecule has 1 saturated heterocycles. The molecule has 1 amide bonds. The third-order valence-electron chi connectivity index (χ3n) is 3.84. The van der Waals surface area contributed by atoms with Gasteiger partial charge in [-0.25, -0.2) is 4.79 Å². The van der Waals surface area contributed by atoms with Crippen LogP contribution in [0.5, 0.6) is 5.75 Å². The molecule has 0 saturated carbocycles. The SMILES string of the molecule is C=C(CCl)C(C(=O)O)N1C(=O)C2N=C(COc3ccc(Cl)cc3)SC21. The van der Waals surface area contributed by atoms with Gasteiger partial charge in [0.15, 0.2) is 12.1 Å². The molecule has 0 bridgehead atoms. The number of aliphatic carboxylic acids is 1. The quantitative estimate of drug-likeness (QED) is 0.432. The first-order chi connectivity index (χ1) is 11.9. The van der Waals surface area contributed by atoms with Gasteiger partial charge in [0.2, 0.25) is 0 Å². The minimum Gasteiger partial charge on any atom is -0.487 e. The number of aliphatic imine (C=N–C) groups is 1. The van der Waals surface area contributed by atoms with Crippen molar-refractivity contribution in [2.75, 3.05) is 12.5 Å². The Morgan fingerprint density at radius 3 is 2.72 bits per heavy atom. The average Bonchev–Trinajstić information content (AvgIpc) is 2.97. The summed E-state index contributed by atoms with van der Waals surface area (Å²) in [6.07, 6.45) is 0. The number of likely N-dealkylation sites (tertiary alicyclic amines) is 1. The maximum atomic E-state index is 12.3. The molecule has 0 spiro atoms. The van der Waals surface area contributed by atoms with Gasteiger partial charge in [-0.1, -0.05) is 29.9 Å². The van der Waals surface area contributed by atoms with Gasteiger partial charge in [0, 0.05) is 10.9 Å². The third kappa shape index (κ3) is 3.49. The lowest BCUT2D eigenvalue weighted by Gasteiger charge is -2.44. The van der Waals surface area contributed by atoms with E-state index in [2.05, 4.69) is 11.6 Å². The van der Waals surface area contributed by atoms with Gasteiger partial charge < -0.3 is 14.7 Å². The number of halogens is 2. The van der Waals surface area contributed by atoms with Gasteiger partial charge in [-0.15, -0.1) is 11.6 Å². The van der Waals surface area contributed by atoms with Crippen LogP contribution < -0.4 is 4.74 Å². The molecule has 1 fully saturated rings. The summed E-state index contributed by atoms with van der Waals surface area (Å²) in [4.78, 5) is 29.4. The van der Waals surface area contributed by atoms with Crippen molar-refractivity contribution in [1.29, 1.82) is 0 Å². The molecule has 132 valence electrons. The van der Waals surface area contributed by atoms with Crippen LogP contribution in [0.1, 0.15) is 0 Å². The van der Waals surface area contributed by atoms with Gasteiger partial charge in [0.05, 0.1) is 0 Å². The minimum absolute atomic E-state index is 0.0316. The molecule has 3 unspecified atom stereocenters. The Hall–Kier alpha value is -1.70. The fourth-order valence-corrected chi connectivity index (χ4v) is 4.12. The number of hydrogen-bond donors (Lipinski definition) is 1. The average molecular weight is 401 g/mol.